The lowest BCUT2D eigenvalue weighted by Crippen LogP contribution is -2.46. The molecule has 2 amide bonds. The summed E-state index contributed by atoms with van der Waals surface area (Å²) in [5, 5.41) is 5.17. The monoisotopic (exact) mass is 442 g/mol. The first-order valence-electron chi connectivity index (χ1n) is 10.7. The third kappa shape index (κ3) is 4.22. The van der Waals surface area contributed by atoms with Crippen molar-refractivity contribution < 1.29 is 18.7 Å². The Balaban J connectivity index is 1.40. The predicted molar refractivity (Wildman–Crippen MR) is 117 cm³/mol. The molecule has 1 saturated heterocycles. The summed E-state index contributed by atoms with van der Waals surface area (Å²) < 4.78 is 20.7. The van der Waals surface area contributed by atoms with E-state index in [0.29, 0.717) is 24.3 Å². The van der Waals surface area contributed by atoms with Gasteiger partial charge in [0.2, 0.25) is 5.82 Å². The van der Waals surface area contributed by atoms with E-state index in [4.69, 9.17) is 4.74 Å². The zero-order chi connectivity index (χ0) is 22.8. The number of benzene rings is 1. The van der Waals surface area contributed by atoms with Gasteiger partial charge < -0.3 is 20.3 Å². The van der Waals surface area contributed by atoms with E-state index in [1.165, 1.54) is 0 Å². The molecule has 0 spiro atoms. The summed E-state index contributed by atoms with van der Waals surface area (Å²) >= 11 is 0. The molecule has 1 aromatic heterocycles. The minimum Gasteiger partial charge on any atom is -0.478 e. The van der Waals surface area contributed by atoms with Crippen LogP contribution in [-0.2, 0) is 11.3 Å². The lowest BCUT2D eigenvalue weighted by atomic mass is 10.1. The standard InChI is InChI=1S/C22H27FN6O3/c1-4-16-21(30)27-19-17(32-16)6-5-14(18(19)23)12-28-7-9-29(10-8-28)15-11-25-20(22(31)24-3)26-13(15)2/h5-6,11,16H,4,7-10,12H2,1-3H3,(H,24,31)(H,27,30)/t16-/m1/s1. The number of aryl methyl sites for hydroxylation is 1. The van der Waals surface area contributed by atoms with Gasteiger partial charge in [-0.05, 0) is 19.4 Å². The van der Waals surface area contributed by atoms with Crippen molar-refractivity contribution in [2.24, 2.45) is 0 Å². The minimum atomic E-state index is -0.585. The van der Waals surface area contributed by atoms with Gasteiger partial charge in [-0.3, -0.25) is 14.5 Å². The maximum atomic E-state index is 15.1. The largest absolute Gasteiger partial charge is 0.478 e. The topological polar surface area (TPSA) is 99.7 Å². The van der Waals surface area contributed by atoms with E-state index in [0.717, 1.165) is 37.6 Å². The molecule has 2 aliphatic heterocycles. The lowest BCUT2D eigenvalue weighted by molar-refractivity contribution is -0.123. The predicted octanol–water partition coefficient (Wildman–Crippen LogP) is 1.72. The highest BCUT2D eigenvalue weighted by molar-refractivity contribution is 5.98. The number of aromatic nitrogens is 2. The van der Waals surface area contributed by atoms with Gasteiger partial charge in [-0.25, -0.2) is 14.4 Å². The Bertz CT molecular complexity index is 1040. The molecule has 1 aromatic carbocycles. The third-order valence-corrected chi connectivity index (χ3v) is 5.85. The number of hydrogen-bond acceptors (Lipinski definition) is 7. The fourth-order valence-corrected chi connectivity index (χ4v) is 4.00. The van der Waals surface area contributed by atoms with Crippen molar-refractivity contribution in [1.29, 1.82) is 0 Å². The number of amides is 2. The number of anilines is 2. The first kappa shape index (κ1) is 21.9. The lowest BCUT2D eigenvalue weighted by Gasteiger charge is -2.36. The zero-order valence-corrected chi connectivity index (χ0v) is 18.4. The van der Waals surface area contributed by atoms with Gasteiger partial charge in [0.15, 0.2) is 11.9 Å². The number of hydrogen-bond donors (Lipinski definition) is 2. The first-order valence-corrected chi connectivity index (χ1v) is 10.7. The Morgan fingerprint density at radius 2 is 2.06 bits per heavy atom. The summed E-state index contributed by atoms with van der Waals surface area (Å²) in [5.41, 5.74) is 2.28. The van der Waals surface area contributed by atoms with E-state index in [1.807, 2.05) is 13.8 Å². The van der Waals surface area contributed by atoms with Gasteiger partial charge in [-0.2, -0.15) is 0 Å². The molecule has 3 heterocycles. The van der Waals surface area contributed by atoms with Crippen molar-refractivity contribution in [3.05, 3.63) is 41.2 Å². The summed E-state index contributed by atoms with van der Waals surface area (Å²) in [6.45, 7) is 7.07. The normalized spacial score (nSPS) is 18.6. The van der Waals surface area contributed by atoms with Crippen molar-refractivity contribution in [2.45, 2.75) is 32.9 Å². The molecule has 0 aliphatic carbocycles. The van der Waals surface area contributed by atoms with Crippen LogP contribution < -0.4 is 20.3 Å². The van der Waals surface area contributed by atoms with Crippen molar-refractivity contribution in [3.8, 4) is 5.75 Å². The Labute approximate surface area is 186 Å². The van der Waals surface area contributed by atoms with Crippen LogP contribution in [0.4, 0.5) is 15.8 Å². The van der Waals surface area contributed by atoms with Crippen LogP contribution in [0.25, 0.3) is 0 Å². The summed E-state index contributed by atoms with van der Waals surface area (Å²) in [7, 11) is 1.54. The van der Waals surface area contributed by atoms with Crippen molar-refractivity contribution in [3.63, 3.8) is 0 Å². The molecule has 170 valence electrons. The van der Waals surface area contributed by atoms with Gasteiger partial charge in [0.1, 0.15) is 11.4 Å². The minimum absolute atomic E-state index is 0.125. The molecular weight excluding hydrogens is 415 g/mol. The average Bonchev–Trinajstić information content (AvgIpc) is 2.81. The summed E-state index contributed by atoms with van der Waals surface area (Å²) in [5.74, 6) is -0.551. The van der Waals surface area contributed by atoms with Gasteiger partial charge in [0.25, 0.3) is 11.8 Å². The van der Waals surface area contributed by atoms with E-state index in [-0.39, 0.29) is 23.3 Å². The molecule has 0 radical (unpaired) electrons. The summed E-state index contributed by atoms with van der Waals surface area (Å²) in [6.07, 6.45) is 1.62. The molecule has 32 heavy (non-hydrogen) atoms. The number of carbonyl (C=O) groups is 2. The number of halogens is 1. The molecule has 0 unspecified atom stereocenters. The molecule has 1 fully saturated rings. The Morgan fingerprint density at radius 3 is 2.72 bits per heavy atom. The fraction of sp³-hybridized carbons (Fsp3) is 0.455. The fourth-order valence-electron chi connectivity index (χ4n) is 4.00. The summed E-state index contributed by atoms with van der Waals surface area (Å²) in [6, 6.07) is 3.45. The van der Waals surface area contributed by atoms with Crippen LogP contribution in [0.3, 0.4) is 0 Å². The molecule has 4 rings (SSSR count). The van der Waals surface area contributed by atoms with E-state index in [2.05, 4.69) is 30.4 Å². The second-order valence-corrected chi connectivity index (χ2v) is 7.92. The molecule has 9 nitrogen and oxygen atoms in total. The number of piperazine rings is 1. The maximum absolute atomic E-state index is 15.1. The van der Waals surface area contributed by atoms with Crippen LogP contribution in [0.5, 0.6) is 5.75 Å². The van der Waals surface area contributed by atoms with Gasteiger partial charge in [-0.15, -0.1) is 0 Å². The quantitative estimate of drug-likeness (QED) is 0.727. The maximum Gasteiger partial charge on any atom is 0.288 e. The van der Waals surface area contributed by atoms with E-state index < -0.39 is 11.9 Å². The molecule has 2 N–H and O–H groups in total. The van der Waals surface area contributed by atoms with E-state index in [1.54, 1.807) is 25.4 Å². The smallest absolute Gasteiger partial charge is 0.288 e. The van der Waals surface area contributed by atoms with Crippen LogP contribution in [-0.4, -0.2) is 66.0 Å². The van der Waals surface area contributed by atoms with Crippen LogP contribution in [0.2, 0.25) is 0 Å². The first-order chi connectivity index (χ1) is 15.4. The highest BCUT2D eigenvalue weighted by Crippen LogP contribution is 2.35. The second kappa shape index (κ2) is 9.07. The molecule has 0 saturated carbocycles. The Morgan fingerprint density at radius 1 is 1.31 bits per heavy atom. The average molecular weight is 442 g/mol. The van der Waals surface area contributed by atoms with E-state index >= 15 is 4.39 Å². The molecule has 1 atom stereocenters. The molecule has 10 heteroatoms. The summed E-state index contributed by atoms with van der Waals surface area (Å²) in [4.78, 5) is 36.6. The van der Waals surface area contributed by atoms with Crippen LogP contribution in [0.1, 0.15) is 35.2 Å². The van der Waals surface area contributed by atoms with E-state index in [9.17, 15) is 9.59 Å². The molecular formula is C22H27FN6O3. The van der Waals surface area contributed by atoms with Gasteiger partial charge >= 0.3 is 0 Å². The number of carbonyl (C=O) groups excluding carboxylic acids is 2. The number of ether oxygens (including phenoxy) is 1. The molecule has 2 aliphatic rings. The number of nitrogens with one attached hydrogen (secondary N) is 2. The number of fused-ring (bicyclic) bond motifs is 1. The SMILES string of the molecule is CC[C@H]1Oc2ccc(CN3CCN(c4cnc(C(=O)NC)nc4C)CC3)c(F)c2NC1=O. The molecule has 2 aromatic rings. The third-order valence-electron chi connectivity index (χ3n) is 5.85. The highest BCUT2D eigenvalue weighted by atomic mass is 19.1. The molecule has 0 bridgehead atoms. The Kier molecular flexibility index (Phi) is 6.22. The zero-order valence-electron chi connectivity index (χ0n) is 18.4. The van der Waals surface area contributed by atoms with Crippen molar-refractivity contribution in [2.75, 3.05) is 43.4 Å². The van der Waals surface area contributed by atoms with Gasteiger partial charge in [0, 0.05) is 45.3 Å². The van der Waals surface area contributed by atoms with Crippen LogP contribution in [0, 0.1) is 12.7 Å². The second-order valence-electron chi connectivity index (χ2n) is 7.92. The number of nitrogens with zero attached hydrogens (tertiary/aromatic N) is 4. The van der Waals surface area contributed by atoms with Gasteiger partial charge in [-0.1, -0.05) is 13.0 Å². The van der Waals surface area contributed by atoms with Gasteiger partial charge in [0.05, 0.1) is 17.6 Å². The van der Waals surface area contributed by atoms with Crippen molar-refractivity contribution >= 4 is 23.2 Å². The highest BCUT2D eigenvalue weighted by Gasteiger charge is 2.30. The number of rotatable bonds is 5. The Hall–Kier alpha value is -3.27. The van der Waals surface area contributed by atoms with Crippen LogP contribution in [0.15, 0.2) is 18.3 Å². The van der Waals surface area contributed by atoms with Crippen molar-refractivity contribution in [1.82, 2.24) is 20.2 Å². The van der Waals surface area contributed by atoms with Crippen LogP contribution >= 0.6 is 0 Å².